The maximum absolute atomic E-state index is 12.9. The molecule has 7 heteroatoms. The van der Waals surface area contributed by atoms with Crippen molar-refractivity contribution in [2.24, 2.45) is 0 Å². The molecular formula is C25H24N2O5. The second-order valence-corrected chi connectivity index (χ2v) is 7.45. The molecule has 1 N–H and O–H groups in total. The van der Waals surface area contributed by atoms with Crippen molar-refractivity contribution in [1.29, 1.82) is 0 Å². The van der Waals surface area contributed by atoms with E-state index in [4.69, 9.17) is 9.47 Å². The van der Waals surface area contributed by atoms with Crippen molar-refractivity contribution in [3.8, 4) is 11.5 Å². The molecule has 0 fully saturated rings. The Morgan fingerprint density at radius 2 is 1.53 bits per heavy atom. The fourth-order valence-electron chi connectivity index (χ4n) is 3.80. The summed E-state index contributed by atoms with van der Waals surface area (Å²) in [6.07, 6.45) is 0.603. The summed E-state index contributed by atoms with van der Waals surface area (Å²) >= 11 is 0. The highest BCUT2D eigenvalue weighted by molar-refractivity contribution is 6.25. The van der Waals surface area contributed by atoms with Crippen LogP contribution in [0.25, 0.3) is 10.8 Å². The van der Waals surface area contributed by atoms with E-state index in [2.05, 4.69) is 5.32 Å². The molecule has 1 aliphatic rings. The molecule has 164 valence electrons. The Bertz CT molecular complexity index is 1110. The van der Waals surface area contributed by atoms with Gasteiger partial charge in [-0.15, -0.1) is 0 Å². The number of nitrogens with one attached hydrogen (secondary N) is 1. The minimum atomic E-state index is -0.312. The SMILES string of the molecule is COc1ccc(OCCNC(=O)CCCN2C(=O)c3cccc4cccc(c34)C2=O)cc1. The van der Waals surface area contributed by atoms with Gasteiger partial charge in [0.1, 0.15) is 18.1 Å². The number of rotatable bonds is 9. The fourth-order valence-corrected chi connectivity index (χ4v) is 3.80. The van der Waals surface area contributed by atoms with Gasteiger partial charge in [0.2, 0.25) is 5.91 Å². The van der Waals surface area contributed by atoms with Gasteiger partial charge in [-0.05, 0) is 48.2 Å². The van der Waals surface area contributed by atoms with Crippen LogP contribution in [0.5, 0.6) is 11.5 Å². The highest BCUT2D eigenvalue weighted by Gasteiger charge is 2.32. The summed E-state index contributed by atoms with van der Waals surface area (Å²) in [6, 6.07) is 18.1. The van der Waals surface area contributed by atoms with E-state index in [-0.39, 0.29) is 30.7 Å². The molecule has 0 saturated heterocycles. The van der Waals surface area contributed by atoms with Crippen LogP contribution in [-0.2, 0) is 4.79 Å². The Kier molecular flexibility index (Phi) is 6.35. The summed E-state index contributed by atoms with van der Waals surface area (Å²) in [6.45, 7) is 0.891. The number of imide groups is 1. The maximum Gasteiger partial charge on any atom is 0.261 e. The van der Waals surface area contributed by atoms with E-state index >= 15 is 0 Å². The molecule has 32 heavy (non-hydrogen) atoms. The van der Waals surface area contributed by atoms with Crippen LogP contribution in [0.2, 0.25) is 0 Å². The molecule has 1 heterocycles. The first-order valence-corrected chi connectivity index (χ1v) is 10.5. The first-order valence-electron chi connectivity index (χ1n) is 10.5. The fraction of sp³-hybridized carbons (Fsp3) is 0.240. The Labute approximate surface area is 185 Å². The third kappa shape index (κ3) is 4.42. The molecule has 0 unspecified atom stereocenters. The van der Waals surface area contributed by atoms with Gasteiger partial charge in [-0.1, -0.05) is 24.3 Å². The first kappa shape index (κ1) is 21.4. The molecule has 0 aromatic heterocycles. The van der Waals surface area contributed by atoms with Crippen LogP contribution < -0.4 is 14.8 Å². The van der Waals surface area contributed by atoms with Crippen LogP contribution in [-0.4, -0.2) is 49.4 Å². The average molecular weight is 432 g/mol. The summed E-state index contributed by atoms with van der Waals surface area (Å²) in [4.78, 5) is 39.1. The van der Waals surface area contributed by atoms with E-state index in [1.54, 1.807) is 43.5 Å². The minimum Gasteiger partial charge on any atom is -0.497 e. The number of amides is 3. The molecule has 0 spiro atoms. The van der Waals surface area contributed by atoms with Crippen LogP contribution in [0.15, 0.2) is 60.7 Å². The van der Waals surface area contributed by atoms with Crippen LogP contribution >= 0.6 is 0 Å². The molecule has 0 aliphatic carbocycles. The van der Waals surface area contributed by atoms with Gasteiger partial charge >= 0.3 is 0 Å². The first-order chi connectivity index (χ1) is 15.6. The van der Waals surface area contributed by atoms with E-state index in [0.717, 1.165) is 11.1 Å². The molecule has 0 radical (unpaired) electrons. The van der Waals surface area contributed by atoms with Gasteiger partial charge < -0.3 is 14.8 Å². The van der Waals surface area contributed by atoms with Crippen molar-refractivity contribution in [3.63, 3.8) is 0 Å². The number of ether oxygens (including phenoxy) is 2. The number of hydrogen-bond donors (Lipinski definition) is 1. The van der Waals surface area contributed by atoms with E-state index in [1.807, 2.05) is 24.3 Å². The lowest BCUT2D eigenvalue weighted by Gasteiger charge is -2.27. The van der Waals surface area contributed by atoms with Crippen LogP contribution in [0, 0.1) is 0 Å². The topological polar surface area (TPSA) is 84.9 Å². The van der Waals surface area contributed by atoms with Crippen LogP contribution in [0.3, 0.4) is 0 Å². The predicted molar refractivity (Wildman–Crippen MR) is 120 cm³/mol. The smallest absolute Gasteiger partial charge is 0.261 e. The van der Waals surface area contributed by atoms with Gasteiger partial charge in [-0.25, -0.2) is 0 Å². The molecule has 0 atom stereocenters. The predicted octanol–water partition coefficient (Wildman–Crippen LogP) is 3.42. The summed E-state index contributed by atoms with van der Waals surface area (Å²) in [5.74, 6) is 0.664. The van der Waals surface area contributed by atoms with E-state index < -0.39 is 0 Å². The Balaban J connectivity index is 1.24. The molecule has 4 rings (SSSR count). The van der Waals surface area contributed by atoms with Crippen molar-refractivity contribution in [3.05, 3.63) is 71.8 Å². The highest BCUT2D eigenvalue weighted by atomic mass is 16.5. The van der Waals surface area contributed by atoms with Crippen LogP contribution in [0.1, 0.15) is 33.6 Å². The van der Waals surface area contributed by atoms with Crippen molar-refractivity contribution >= 4 is 28.5 Å². The largest absolute Gasteiger partial charge is 0.497 e. The lowest BCUT2D eigenvalue weighted by molar-refractivity contribution is -0.121. The lowest BCUT2D eigenvalue weighted by Crippen LogP contribution is -2.41. The Morgan fingerprint density at radius 3 is 2.16 bits per heavy atom. The van der Waals surface area contributed by atoms with Gasteiger partial charge in [0.15, 0.2) is 0 Å². The standard InChI is InChI=1S/C25H24N2O5/c1-31-18-10-12-19(13-11-18)32-16-14-26-22(28)9-4-15-27-24(29)20-7-2-5-17-6-3-8-21(23(17)20)25(27)30/h2-3,5-8,10-13H,4,9,14-16H2,1H3,(H,26,28). The second kappa shape index (κ2) is 9.51. The molecular weight excluding hydrogens is 408 g/mol. The van der Waals surface area contributed by atoms with Crippen LogP contribution in [0.4, 0.5) is 0 Å². The molecule has 1 aliphatic heterocycles. The zero-order valence-electron chi connectivity index (χ0n) is 17.8. The molecule has 0 bridgehead atoms. The number of carbonyl (C=O) groups excluding carboxylic acids is 3. The Morgan fingerprint density at radius 1 is 0.906 bits per heavy atom. The average Bonchev–Trinajstić information content (AvgIpc) is 2.82. The molecule has 0 saturated carbocycles. The highest BCUT2D eigenvalue weighted by Crippen LogP contribution is 2.30. The summed E-state index contributed by atoms with van der Waals surface area (Å²) in [7, 11) is 1.60. The van der Waals surface area contributed by atoms with E-state index in [9.17, 15) is 14.4 Å². The number of nitrogens with zero attached hydrogens (tertiary/aromatic N) is 1. The summed E-state index contributed by atoms with van der Waals surface area (Å²) < 4.78 is 10.7. The van der Waals surface area contributed by atoms with Gasteiger partial charge in [-0.3, -0.25) is 19.3 Å². The normalized spacial score (nSPS) is 12.7. The van der Waals surface area contributed by atoms with Gasteiger partial charge in [-0.2, -0.15) is 0 Å². The zero-order valence-corrected chi connectivity index (χ0v) is 17.8. The summed E-state index contributed by atoms with van der Waals surface area (Å²) in [5.41, 5.74) is 1.05. The van der Waals surface area contributed by atoms with Gasteiger partial charge in [0.25, 0.3) is 11.8 Å². The van der Waals surface area contributed by atoms with Crippen molar-refractivity contribution < 1.29 is 23.9 Å². The monoisotopic (exact) mass is 432 g/mol. The third-order valence-electron chi connectivity index (χ3n) is 5.39. The quantitative estimate of drug-likeness (QED) is 0.414. The van der Waals surface area contributed by atoms with Crippen molar-refractivity contribution in [2.45, 2.75) is 12.8 Å². The minimum absolute atomic E-state index is 0.150. The third-order valence-corrected chi connectivity index (χ3v) is 5.39. The van der Waals surface area contributed by atoms with Gasteiger partial charge in [0, 0.05) is 29.5 Å². The molecule has 3 aromatic carbocycles. The van der Waals surface area contributed by atoms with E-state index in [0.29, 0.717) is 41.8 Å². The Hall–Kier alpha value is -3.87. The molecule has 3 aromatic rings. The second-order valence-electron chi connectivity index (χ2n) is 7.45. The van der Waals surface area contributed by atoms with E-state index in [1.165, 1.54) is 4.90 Å². The number of hydrogen-bond acceptors (Lipinski definition) is 5. The number of methoxy groups -OCH3 is 1. The molecule has 7 nitrogen and oxygen atoms in total. The maximum atomic E-state index is 12.9. The number of benzene rings is 3. The number of carbonyl (C=O) groups is 3. The summed E-state index contributed by atoms with van der Waals surface area (Å²) in [5, 5.41) is 4.37. The molecule has 3 amide bonds. The zero-order chi connectivity index (χ0) is 22.5. The van der Waals surface area contributed by atoms with Crippen molar-refractivity contribution in [1.82, 2.24) is 10.2 Å². The lowest BCUT2D eigenvalue weighted by atomic mass is 9.94. The van der Waals surface area contributed by atoms with Gasteiger partial charge in [0.05, 0.1) is 13.7 Å². The van der Waals surface area contributed by atoms with Crippen molar-refractivity contribution in [2.75, 3.05) is 26.8 Å².